The first-order valence-electron chi connectivity index (χ1n) is 5.11. The largest absolute Gasteiger partial charge is 0.338 e. The molecule has 1 N–H and O–H groups in total. The van der Waals surface area contributed by atoms with Crippen molar-refractivity contribution in [2.45, 2.75) is 25.9 Å². The fraction of sp³-hybridized carbons (Fsp3) is 0.700. The normalized spacial score (nSPS) is 18.3. The minimum atomic E-state index is -0.928. The lowest BCUT2D eigenvalue weighted by Gasteiger charge is -2.24. The van der Waals surface area contributed by atoms with Crippen molar-refractivity contribution in [1.82, 2.24) is 10.2 Å². The van der Waals surface area contributed by atoms with Gasteiger partial charge in [0.1, 0.15) is 5.83 Å². The van der Waals surface area contributed by atoms with Crippen LogP contribution in [0.4, 0.5) is 13.6 Å². The first kappa shape index (κ1) is 11.9. The standard InChI is InChI=1S/C10H16F2N2O/c1-8(11)4-5-13-10(15)14-6-2-3-9(12)7-14/h3,8H,2,4-7H2,1H3,(H,13,15). The topological polar surface area (TPSA) is 32.3 Å². The SMILES string of the molecule is CC(F)CCNC(=O)N1CCC=C(F)C1. The third kappa shape index (κ3) is 4.27. The van der Waals surface area contributed by atoms with Crippen molar-refractivity contribution in [3.8, 4) is 0 Å². The number of hydrogen-bond donors (Lipinski definition) is 1. The van der Waals surface area contributed by atoms with E-state index in [4.69, 9.17) is 0 Å². The fourth-order valence-electron chi connectivity index (χ4n) is 1.37. The zero-order valence-corrected chi connectivity index (χ0v) is 8.80. The summed E-state index contributed by atoms with van der Waals surface area (Å²) in [6, 6.07) is -0.320. The fourth-order valence-corrected chi connectivity index (χ4v) is 1.37. The van der Waals surface area contributed by atoms with E-state index in [1.165, 1.54) is 17.9 Å². The van der Waals surface area contributed by atoms with Gasteiger partial charge >= 0.3 is 6.03 Å². The van der Waals surface area contributed by atoms with Crippen LogP contribution in [0.5, 0.6) is 0 Å². The molecule has 0 aromatic rings. The van der Waals surface area contributed by atoms with Crippen molar-refractivity contribution < 1.29 is 13.6 Å². The van der Waals surface area contributed by atoms with Crippen molar-refractivity contribution >= 4 is 6.03 Å². The van der Waals surface area contributed by atoms with E-state index in [9.17, 15) is 13.6 Å². The summed E-state index contributed by atoms with van der Waals surface area (Å²) in [6.45, 7) is 2.27. The number of nitrogens with one attached hydrogen (secondary N) is 1. The number of amides is 2. The maximum atomic E-state index is 12.8. The zero-order valence-electron chi connectivity index (χ0n) is 8.80. The molecule has 86 valence electrons. The number of alkyl halides is 1. The molecule has 0 spiro atoms. The molecule has 0 aliphatic carbocycles. The molecule has 2 amide bonds. The second-order valence-electron chi connectivity index (χ2n) is 3.66. The van der Waals surface area contributed by atoms with Gasteiger partial charge in [-0.15, -0.1) is 0 Å². The van der Waals surface area contributed by atoms with Crippen LogP contribution in [-0.2, 0) is 0 Å². The lowest BCUT2D eigenvalue weighted by molar-refractivity contribution is 0.195. The van der Waals surface area contributed by atoms with Crippen molar-refractivity contribution in [3.05, 3.63) is 11.9 Å². The highest BCUT2D eigenvalue weighted by atomic mass is 19.1. The zero-order chi connectivity index (χ0) is 11.3. The number of halogens is 2. The molecule has 1 heterocycles. The Labute approximate surface area is 88.1 Å². The predicted octanol–water partition coefficient (Wildman–Crippen LogP) is 2.00. The van der Waals surface area contributed by atoms with Crippen molar-refractivity contribution in [3.63, 3.8) is 0 Å². The van der Waals surface area contributed by atoms with Crippen LogP contribution in [0.2, 0.25) is 0 Å². The molecule has 0 aromatic carbocycles. The van der Waals surface area contributed by atoms with E-state index < -0.39 is 6.17 Å². The molecule has 1 aliphatic heterocycles. The van der Waals surface area contributed by atoms with Crippen LogP contribution in [0.15, 0.2) is 11.9 Å². The molecular weight excluding hydrogens is 202 g/mol. The van der Waals surface area contributed by atoms with E-state index in [0.717, 1.165) is 0 Å². The summed E-state index contributed by atoms with van der Waals surface area (Å²) < 4.78 is 25.2. The lowest BCUT2D eigenvalue weighted by atomic mass is 10.2. The molecule has 0 radical (unpaired) electrons. The molecule has 1 unspecified atom stereocenters. The smallest absolute Gasteiger partial charge is 0.317 e. The number of hydrogen-bond acceptors (Lipinski definition) is 1. The third-order valence-corrected chi connectivity index (χ3v) is 2.21. The number of carbonyl (C=O) groups excluding carboxylic acids is 1. The van der Waals surface area contributed by atoms with Gasteiger partial charge in [-0.3, -0.25) is 0 Å². The van der Waals surface area contributed by atoms with E-state index in [-0.39, 0.29) is 24.8 Å². The number of urea groups is 1. The van der Waals surface area contributed by atoms with E-state index >= 15 is 0 Å². The van der Waals surface area contributed by atoms with Crippen molar-refractivity contribution in [2.75, 3.05) is 19.6 Å². The molecule has 1 rings (SSSR count). The van der Waals surface area contributed by atoms with Gasteiger partial charge < -0.3 is 10.2 Å². The Morgan fingerprint density at radius 1 is 1.73 bits per heavy atom. The first-order chi connectivity index (χ1) is 7.09. The summed E-state index contributed by atoms with van der Waals surface area (Å²) >= 11 is 0. The number of carbonyl (C=O) groups is 1. The molecule has 3 nitrogen and oxygen atoms in total. The second-order valence-corrected chi connectivity index (χ2v) is 3.66. The molecule has 1 atom stereocenters. The summed E-state index contributed by atoms with van der Waals surface area (Å²) in [5.41, 5.74) is 0. The maximum absolute atomic E-state index is 12.8. The van der Waals surface area contributed by atoms with Gasteiger partial charge in [-0.25, -0.2) is 13.6 Å². The van der Waals surface area contributed by atoms with Crippen LogP contribution in [0.25, 0.3) is 0 Å². The van der Waals surface area contributed by atoms with Gasteiger partial charge in [0.25, 0.3) is 0 Å². The van der Waals surface area contributed by atoms with Gasteiger partial charge in [0.15, 0.2) is 0 Å². The van der Waals surface area contributed by atoms with Crippen LogP contribution in [0.3, 0.4) is 0 Å². The molecule has 1 aliphatic rings. The van der Waals surface area contributed by atoms with Crippen LogP contribution in [0.1, 0.15) is 19.8 Å². The number of rotatable bonds is 3. The van der Waals surface area contributed by atoms with Gasteiger partial charge in [-0.1, -0.05) is 0 Å². The van der Waals surface area contributed by atoms with E-state index in [0.29, 0.717) is 19.5 Å². The monoisotopic (exact) mass is 218 g/mol. The average molecular weight is 218 g/mol. The Kier molecular flexibility index (Phi) is 4.52. The highest BCUT2D eigenvalue weighted by molar-refractivity contribution is 5.74. The number of nitrogens with zero attached hydrogens (tertiary/aromatic N) is 1. The average Bonchev–Trinajstić information content (AvgIpc) is 2.17. The second kappa shape index (κ2) is 5.68. The first-order valence-corrected chi connectivity index (χ1v) is 5.11. The molecule has 0 saturated carbocycles. The molecule has 0 saturated heterocycles. The molecule has 0 fully saturated rings. The minimum absolute atomic E-state index is 0.0248. The molecule has 0 aromatic heterocycles. The summed E-state index contributed by atoms with van der Waals surface area (Å²) in [5, 5.41) is 2.56. The van der Waals surface area contributed by atoms with E-state index in [1.54, 1.807) is 0 Å². The quantitative estimate of drug-likeness (QED) is 0.772. The highest BCUT2D eigenvalue weighted by Crippen LogP contribution is 2.10. The molecule has 5 heteroatoms. The Balaban J connectivity index is 2.25. The molecule has 15 heavy (non-hydrogen) atoms. The van der Waals surface area contributed by atoms with E-state index in [1.807, 2.05) is 0 Å². The molecular formula is C10H16F2N2O. The third-order valence-electron chi connectivity index (χ3n) is 2.21. The summed E-state index contributed by atoms with van der Waals surface area (Å²) in [7, 11) is 0. The Bertz CT molecular complexity index is 254. The Morgan fingerprint density at radius 2 is 2.47 bits per heavy atom. The maximum Gasteiger partial charge on any atom is 0.317 e. The van der Waals surface area contributed by atoms with E-state index in [2.05, 4.69) is 5.32 Å². The Hall–Kier alpha value is -1.13. The van der Waals surface area contributed by atoms with Gasteiger partial charge in [-0.05, 0) is 25.8 Å². The lowest BCUT2D eigenvalue weighted by Crippen LogP contribution is -2.43. The minimum Gasteiger partial charge on any atom is -0.338 e. The summed E-state index contributed by atoms with van der Waals surface area (Å²) in [5.74, 6) is -0.282. The van der Waals surface area contributed by atoms with Crippen LogP contribution in [-0.4, -0.2) is 36.7 Å². The van der Waals surface area contributed by atoms with Crippen molar-refractivity contribution in [2.24, 2.45) is 0 Å². The van der Waals surface area contributed by atoms with Gasteiger partial charge in [0.05, 0.1) is 12.7 Å². The van der Waals surface area contributed by atoms with Crippen LogP contribution >= 0.6 is 0 Å². The van der Waals surface area contributed by atoms with Crippen LogP contribution < -0.4 is 5.32 Å². The van der Waals surface area contributed by atoms with Gasteiger partial charge in [0.2, 0.25) is 0 Å². The predicted molar refractivity (Wildman–Crippen MR) is 54.0 cm³/mol. The van der Waals surface area contributed by atoms with Crippen molar-refractivity contribution in [1.29, 1.82) is 0 Å². The molecule has 0 bridgehead atoms. The van der Waals surface area contributed by atoms with Gasteiger partial charge in [0, 0.05) is 13.1 Å². The Morgan fingerprint density at radius 3 is 3.07 bits per heavy atom. The summed E-state index contributed by atoms with van der Waals surface area (Å²) in [4.78, 5) is 12.8. The highest BCUT2D eigenvalue weighted by Gasteiger charge is 2.17. The van der Waals surface area contributed by atoms with Crippen LogP contribution in [0, 0.1) is 0 Å². The summed E-state index contributed by atoms with van der Waals surface area (Å²) in [6.07, 6.45) is 1.38. The van der Waals surface area contributed by atoms with Gasteiger partial charge in [-0.2, -0.15) is 0 Å².